The van der Waals surface area contributed by atoms with E-state index in [1.54, 1.807) is 66.8 Å². The SMILES string of the molecule is CC(=O)C[C@@H]1C/C=C\C[C@H](NC(=O)Cc2ccccc2)B(O)O1.CC(=O)C[C@@H]1CCCC[C@H](NC(=O)Cc2ccccc2)B(O)O1.CC(=O)C[C@H]1C=CC[C@H](NC(=O)CC2(N)CCCCC2)B(O)O1.CC(=O)C[C@H]1C=CC[C@H](NC(=O)Cc2ccc[n+](O)c2)B(O)O1.CC(=O)C[C@H]1C=CC[C@H](NC(=O)Cc2cccc(OCCCCN)c2)B(O)O1.CC(=O)C[C@H]1C=CC[C@H](NC(=O)Cc2ccccc2O)B(O)O1. The molecule has 0 radical (unpaired) electrons. The lowest BCUT2D eigenvalue weighted by atomic mass is 9.74. The van der Waals surface area contributed by atoms with Crippen LogP contribution in [0, 0.1) is 0 Å². The van der Waals surface area contributed by atoms with E-state index in [1.807, 2.05) is 109 Å². The maximum absolute atomic E-state index is 12.4. The molecular weight excluding hydrogens is 1840 g/mol. The van der Waals surface area contributed by atoms with Crippen LogP contribution in [0.1, 0.15) is 223 Å². The summed E-state index contributed by atoms with van der Waals surface area (Å²) in [5.41, 5.74) is 15.2. The molecule has 2 fully saturated rings. The second kappa shape index (κ2) is 64.5. The van der Waals surface area contributed by atoms with Crippen molar-refractivity contribution in [1.29, 1.82) is 0 Å². The fraction of sp³-hybridized carbons (Fsp3) is 0.495. The van der Waals surface area contributed by atoms with Crippen molar-refractivity contribution < 1.29 is 135 Å². The van der Waals surface area contributed by atoms with E-state index in [0.717, 1.165) is 85.0 Å². The minimum Gasteiger partial charge on any atom is -0.508 e. The molecule has 143 heavy (non-hydrogen) atoms. The molecule has 18 N–H and O–H groups in total. The third kappa shape index (κ3) is 48.8. The highest BCUT2D eigenvalue weighted by atomic mass is 16.6. The molecule has 770 valence electrons. The van der Waals surface area contributed by atoms with Crippen LogP contribution in [0.15, 0.2) is 194 Å². The third-order valence-electron chi connectivity index (χ3n) is 23.7. The van der Waals surface area contributed by atoms with Gasteiger partial charge in [0.05, 0.1) is 105 Å². The van der Waals surface area contributed by atoms with Crippen molar-refractivity contribution >= 4 is 113 Å². The Labute approximate surface area is 839 Å². The van der Waals surface area contributed by atoms with Crippen molar-refractivity contribution in [2.45, 2.75) is 306 Å². The Hall–Kier alpha value is -11.2. The highest BCUT2D eigenvalue weighted by molar-refractivity contribution is 6.47. The van der Waals surface area contributed by atoms with Gasteiger partial charge in [-0.15, -0.1) is 0 Å². The fourth-order valence-electron chi connectivity index (χ4n) is 16.6. The summed E-state index contributed by atoms with van der Waals surface area (Å²) >= 11 is 0. The average molecular weight is 1980 g/mol. The highest BCUT2D eigenvalue weighted by Gasteiger charge is 2.40. The van der Waals surface area contributed by atoms with Gasteiger partial charge < -0.3 is 111 Å². The first kappa shape index (κ1) is 119. The minimum atomic E-state index is -1.19. The molecule has 7 aliphatic rings. The Kier molecular flexibility index (Phi) is 53.6. The first-order chi connectivity index (χ1) is 68.3. The van der Waals surface area contributed by atoms with Crippen molar-refractivity contribution in [3.8, 4) is 11.5 Å². The third-order valence-corrected chi connectivity index (χ3v) is 23.7. The molecule has 6 amide bonds. The zero-order valence-corrected chi connectivity index (χ0v) is 82.7. The van der Waals surface area contributed by atoms with Gasteiger partial charge in [-0.1, -0.05) is 184 Å². The van der Waals surface area contributed by atoms with Gasteiger partial charge in [-0.25, -0.2) is 0 Å². The van der Waals surface area contributed by atoms with Crippen molar-refractivity contribution in [2.24, 2.45) is 11.5 Å². The van der Waals surface area contributed by atoms with Gasteiger partial charge in [-0.05, 0) is 166 Å². The predicted molar refractivity (Wildman–Crippen MR) is 540 cm³/mol. The molecule has 12 atom stereocenters. The summed E-state index contributed by atoms with van der Waals surface area (Å²) in [6.45, 7) is 10.1. The summed E-state index contributed by atoms with van der Waals surface area (Å²) in [7, 11) is -6.86. The number of nitrogens with one attached hydrogen (secondary N) is 6. The smallest absolute Gasteiger partial charge is 0.478 e. The number of aromatic nitrogens is 1. The Morgan fingerprint density at radius 2 is 0.748 bits per heavy atom. The van der Waals surface area contributed by atoms with Crippen LogP contribution < -0.4 is 52.8 Å². The molecule has 1 saturated carbocycles. The van der Waals surface area contributed by atoms with E-state index in [9.17, 15) is 98.0 Å². The summed E-state index contributed by atoms with van der Waals surface area (Å²) in [5.74, 6) is -3.72. The number of benzene rings is 4. The van der Waals surface area contributed by atoms with Crippen molar-refractivity contribution in [1.82, 2.24) is 31.9 Å². The van der Waals surface area contributed by atoms with E-state index >= 15 is 0 Å². The summed E-state index contributed by atoms with van der Waals surface area (Å²) in [5, 5.41) is 96.6. The molecule has 5 aromatic rings. The number of para-hydroxylation sites is 1. The van der Waals surface area contributed by atoms with Gasteiger partial charge in [0.25, 0.3) is 0 Å². The molecule has 36 nitrogen and oxygen atoms in total. The van der Waals surface area contributed by atoms with Crippen LogP contribution in [0.3, 0.4) is 0 Å². The summed E-state index contributed by atoms with van der Waals surface area (Å²) < 4.78 is 39.4. The monoisotopic (exact) mass is 1980 g/mol. The molecule has 1 aliphatic carbocycles. The number of hydrogen-bond donors (Lipinski definition) is 16. The van der Waals surface area contributed by atoms with Crippen molar-refractivity contribution in [2.75, 3.05) is 13.2 Å². The topological polar surface area (TPSA) is 559 Å². The first-order valence-electron chi connectivity index (χ1n) is 49.1. The van der Waals surface area contributed by atoms with E-state index in [1.165, 1.54) is 66.4 Å². The fourth-order valence-corrected chi connectivity index (χ4v) is 16.6. The number of ketones is 6. The number of nitrogens with zero attached hydrogens (tertiary/aromatic N) is 1. The molecule has 7 heterocycles. The molecule has 0 unspecified atom stereocenters. The largest absolute Gasteiger partial charge is 0.508 e. The Morgan fingerprint density at radius 3 is 1.20 bits per heavy atom. The number of pyridine rings is 1. The van der Waals surface area contributed by atoms with Gasteiger partial charge in [0.1, 0.15) is 46.2 Å². The van der Waals surface area contributed by atoms with Gasteiger partial charge in [0.15, 0.2) is 0 Å². The van der Waals surface area contributed by atoms with E-state index in [0.29, 0.717) is 75.6 Å². The first-order valence-corrected chi connectivity index (χ1v) is 49.1. The molecule has 6 aliphatic heterocycles. The normalized spacial score (nSPS) is 22.1. The highest BCUT2D eigenvalue weighted by Crippen LogP contribution is 2.30. The number of Topliss-reactive ketones (excluding diaryl/α,β-unsaturated/α-hetero) is 6. The van der Waals surface area contributed by atoms with E-state index in [-0.39, 0.29) is 159 Å². The quantitative estimate of drug-likeness (QED) is 0.00781. The molecule has 42 heteroatoms. The molecule has 1 aromatic heterocycles. The Morgan fingerprint density at radius 1 is 0.385 bits per heavy atom. The van der Waals surface area contributed by atoms with Crippen LogP contribution in [0.5, 0.6) is 11.5 Å². The summed E-state index contributed by atoms with van der Waals surface area (Å²) in [6, 6.07) is 36.2. The molecule has 12 rings (SSSR count). The van der Waals surface area contributed by atoms with Gasteiger partial charge >= 0.3 is 42.7 Å². The van der Waals surface area contributed by atoms with Crippen LogP contribution in [0.4, 0.5) is 0 Å². The number of carbonyl (C=O) groups excluding carboxylic acids is 12. The second-order valence-electron chi connectivity index (χ2n) is 37.1. The van der Waals surface area contributed by atoms with Gasteiger partial charge in [-0.2, -0.15) is 0 Å². The number of aromatic hydroxyl groups is 1. The number of rotatable bonds is 35. The zero-order valence-electron chi connectivity index (χ0n) is 82.7. The average Bonchev–Trinajstić information content (AvgIpc) is 1.82. The number of amides is 6. The van der Waals surface area contributed by atoms with Gasteiger partial charge in [0, 0.05) is 78.5 Å². The molecule has 4 aromatic carbocycles. The molecule has 0 bridgehead atoms. The molecule has 0 spiro atoms. The van der Waals surface area contributed by atoms with Gasteiger partial charge in [0.2, 0.25) is 47.8 Å². The maximum Gasteiger partial charge on any atom is 0.478 e. The minimum absolute atomic E-state index is 0.00305. The maximum atomic E-state index is 12.4. The lowest BCUT2D eigenvalue weighted by Gasteiger charge is -2.33. The van der Waals surface area contributed by atoms with E-state index < -0.39 is 108 Å². The number of phenols is 1. The molecular formula is C101H142B6N9O27+. The van der Waals surface area contributed by atoms with Crippen LogP contribution in [0.2, 0.25) is 0 Å². The number of ether oxygens (including phenoxy) is 1. The van der Waals surface area contributed by atoms with Crippen molar-refractivity contribution in [3.05, 3.63) is 222 Å². The molecule has 1 saturated heterocycles. The lowest BCUT2D eigenvalue weighted by Crippen LogP contribution is -2.52. The van der Waals surface area contributed by atoms with E-state index in [4.69, 9.17) is 44.1 Å². The zero-order chi connectivity index (χ0) is 104. The van der Waals surface area contributed by atoms with Crippen LogP contribution in [-0.4, -0.2) is 244 Å². The number of unbranched alkanes of at least 4 members (excludes halogenated alkanes) is 1. The van der Waals surface area contributed by atoms with Crippen LogP contribution >= 0.6 is 0 Å². The van der Waals surface area contributed by atoms with Crippen LogP contribution in [-0.2, 0) is 118 Å². The summed E-state index contributed by atoms with van der Waals surface area (Å²) in [4.78, 5) is 140. The van der Waals surface area contributed by atoms with Crippen LogP contribution in [0.25, 0.3) is 0 Å². The number of hydrogen-bond acceptors (Lipinski definition) is 29. The Bertz CT molecular complexity index is 5010. The van der Waals surface area contributed by atoms with E-state index in [2.05, 4.69) is 31.9 Å². The lowest BCUT2D eigenvalue weighted by molar-refractivity contribution is -0.905. The second-order valence-corrected chi connectivity index (χ2v) is 37.1. The standard InChI is InChI=1S/C20H29BN2O5.C17H24BNO4.C17H22BNO4.C16H27BN2O4.C16H20BNO5.C15H19BN2O5/c1-15(24)12-18-8-5-9-19(21(26)28-18)23-20(25)14-16-6-4-7-17(13-16)27-11-3-2-10-22;2*1-13(20)11-15-9-5-6-10-16(18(22)23-15)19-17(21)12-14-7-3-2-4-8-14;1-12(20)10-13-6-5-7-14(17(22)23-13)19-15(21)11-16(18)8-3-2-4-9-16;1-11(19)9-13-6-4-8-15(17(22)23-13)18-16(21)10-12-5-2-3-7-14(12)20;1-11(19)8-13-5-2-6-14(16(21)23-13)17-15(20)9-12-4-3-7-18(22)10-12/h4-8,13,18-19,26H,2-3,9-12,14,22H2,1H3,(H,23,25);2-4,7-8,15-16,22H,5-6,9-12H2,1H3,(H,19,21);2-8,15-16,22H,9-12H2,1H3,(H,19,21);5-6,13-14,22H,2-4,7-11,18H2,1H3,(H,19,21);2-7,13,15,20,22H,8-10H2,1H3,(H,18,21);2-5,7,10,13-14,21H,6,8-9H2,1H3,(H-,17,20,22)/p+1/b;;6-5-;;;/t18-,19+;2*15-,16-;13-,14+;13-,15+;13-,14+/m100111/s1. The number of carbonyl (C=O) groups is 12. The Balaban J connectivity index is 0.000000233. The predicted octanol–water partition coefficient (Wildman–Crippen LogP) is 5.51. The number of phenolic OH excluding ortho intramolecular Hbond substituents is 1. The summed E-state index contributed by atoms with van der Waals surface area (Å²) in [6.07, 6.45) is 33.8. The van der Waals surface area contributed by atoms with Crippen molar-refractivity contribution in [3.63, 3.8) is 0 Å². The number of nitrogens with two attached hydrogens (primary N) is 2. The van der Waals surface area contributed by atoms with Gasteiger partial charge in [-0.3, -0.25) is 62.7 Å².